The zero-order valence-electron chi connectivity index (χ0n) is 12.6. The first-order valence-corrected chi connectivity index (χ1v) is 6.90. The average Bonchev–Trinajstić information content (AvgIpc) is 2.48. The minimum absolute atomic E-state index is 0.173. The number of hydrogen-bond donors (Lipinski definition) is 2. The summed E-state index contributed by atoms with van der Waals surface area (Å²) in [6.45, 7) is 2.68. The smallest absolute Gasteiger partial charge is 0.259 e. The second-order valence-electron chi connectivity index (χ2n) is 4.80. The van der Waals surface area contributed by atoms with E-state index in [0.29, 0.717) is 17.9 Å². The fourth-order valence-electron chi connectivity index (χ4n) is 2.06. The van der Waals surface area contributed by atoms with Gasteiger partial charge < -0.3 is 15.5 Å². The lowest BCUT2D eigenvalue weighted by Gasteiger charge is -2.18. The van der Waals surface area contributed by atoms with Crippen LogP contribution in [0.4, 0.5) is 17.2 Å². The summed E-state index contributed by atoms with van der Waals surface area (Å²) in [6, 6.07) is 11.2. The van der Waals surface area contributed by atoms with E-state index in [0.717, 1.165) is 11.4 Å². The van der Waals surface area contributed by atoms with Crippen LogP contribution >= 0.6 is 0 Å². The van der Waals surface area contributed by atoms with Gasteiger partial charge in [0.2, 0.25) is 0 Å². The molecular weight excluding hydrogens is 264 g/mol. The third-order valence-corrected chi connectivity index (χ3v) is 3.03. The molecule has 0 aliphatic rings. The SMILES string of the molecule is CCNc1ncccc1C(=O)Nc1ccccc1N(C)C. The van der Waals surface area contributed by atoms with Gasteiger partial charge in [0, 0.05) is 26.8 Å². The van der Waals surface area contributed by atoms with Gasteiger partial charge >= 0.3 is 0 Å². The fourth-order valence-corrected chi connectivity index (χ4v) is 2.06. The topological polar surface area (TPSA) is 57.3 Å². The second kappa shape index (κ2) is 6.74. The number of benzene rings is 1. The predicted molar refractivity (Wildman–Crippen MR) is 87.1 cm³/mol. The number of para-hydroxylation sites is 2. The van der Waals surface area contributed by atoms with Crippen LogP contribution in [-0.2, 0) is 0 Å². The van der Waals surface area contributed by atoms with Gasteiger partial charge in [0.1, 0.15) is 5.82 Å². The molecule has 1 aromatic carbocycles. The first-order chi connectivity index (χ1) is 10.1. The highest BCUT2D eigenvalue weighted by Gasteiger charge is 2.14. The highest BCUT2D eigenvalue weighted by molar-refractivity contribution is 6.08. The molecule has 0 atom stereocenters. The van der Waals surface area contributed by atoms with Gasteiger partial charge in [0.05, 0.1) is 16.9 Å². The summed E-state index contributed by atoms with van der Waals surface area (Å²) in [5, 5.41) is 6.04. The lowest BCUT2D eigenvalue weighted by molar-refractivity contribution is 0.102. The van der Waals surface area contributed by atoms with Crippen LogP contribution in [0.2, 0.25) is 0 Å². The molecule has 2 N–H and O–H groups in total. The lowest BCUT2D eigenvalue weighted by Crippen LogP contribution is -2.18. The predicted octanol–water partition coefficient (Wildman–Crippen LogP) is 2.83. The van der Waals surface area contributed by atoms with Crippen LogP contribution in [-0.4, -0.2) is 31.5 Å². The van der Waals surface area contributed by atoms with Crippen molar-refractivity contribution < 1.29 is 4.79 Å². The van der Waals surface area contributed by atoms with E-state index in [4.69, 9.17) is 0 Å². The van der Waals surface area contributed by atoms with Crippen molar-refractivity contribution in [3.8, 4) is 0 Å². The standard InChI is InChI=1S/C16H20N4O/c1-4-17-15-12(8-7-11-18-15)16(21)19-13-9-5-6-10-14(13)20(2)3/h5-11H,4H2,1-3H3,(H,17,18)(H,19,21). The van der Waals surface area contributed by atoms with E-state index in [9.17, 15) is 4.79 Å². The van der Waals surface area contributed by atoms with Crippen LogP contribution < -0.4 is 15.5 Å². The maximum absolute atomic E-state index is 12.5. The fraction of sp³-hybridized carbons (Fsp3) is 0.250. The summed E-state index contributed by atoms with van der Waals surface area (Å²) >= 11 is 0. The third kappa shape index (κ3) is 3.51. The van der Waals surface area contributed by atoms with Crippen LogP contribution in [0.25, 0.3) is 0 Å². The van der Waals surface area contributed by atoms with E-state index in [1.165, 1.54) is 0 Å². The summed E-state index contributed by atoms with van der Waals surface area (Å²) in [4.78, 5) is 18.6. The number of anilines is 3. The number of amides is 1. The Morgan fingerprint density at radius 3 is 2.67 bits per heavy atom. The van der Waals surface area contributed by atoms with Gasteiger partial charge in [-0.1, -0.05) is 12.1 Å². The molecule has 0 aliphatic heterocycles. The third-order valence-electron chi connectivity index (χ3n) is 3.03. The maximum atomic E-state index is 12.5. The van der Waals surface area contributed by atoms with Crippen molar-refractivity contribution in [1.29, 1.82) is 0 Å². The Kier molecular flexibility index (Phi) is 4.77. The van der Waals surface area contributed by atoms with Crippen molar-refractivity contribution in [2.24, 2.45) is 0 Å². The molecule has 0 aliphatic carbocycles. The first kappa shape index (κ1) is 14.8. The van der Waals surface area contributed by atoms with Crippen molar-refractivity contribution in [2.75, 3.05) is 36.2 Å². The molecule has 110 valence electrons. The first-order valence-electron chi connectivity index (χ1n) is 6.90. The summed E-state index contributed by atoms with van der Waals surface area (Å²) < 4.78 is 0. The van der Waals surface area contributed by atoms with E-state index >= 15 is 0 Å². The Hall–Kier alpha value is -2.56. The Balaban J connectivity index is 2.27. The molecule has 0 spiro atoms. The molecule has 1 aromatic heterocycles. The molecule has 0 fully saturated rings. The zero-order valence-corrected chi connectivity index (χ0v) is 12.6. The molecule has 2 aromatic rings. The van der Waals surface area contributed by atoms with Crippen LogP contribution in [0.5, 0.6) is 0 Å². The van der Waals surface area contributed by atoms with Gasteiger partial charge in [0.15, 0.2) is 0 Å². The lowest BCUT2D eigenvalue weighted by atomic mass is 10.2. The number of nitrogens with one attached hydrogen (secondary N) is 2. The average molecular weight is 284 g/mol. The van der Waals surface area contributed by atoms with E-state index in [1.807, 2.05) is 50.2 Å². The minimum atomic E-state index is -0.173. The Labute approximate surface area is 125 Å². The molecule has 0 saturated heterocycles. The summed E-state index contributed by atoms with van der Waals surface area (Å²) in [7, 11) is 3.89. The number of carbonyl (C=O) groups excluding carboxylic acids is 1. The Bertz CT molecular complexity index is 625. The minimum Gasteiger partial charge on any atom is -0.376 e. The van der Waals surface area contributed by atoms with Gasteiger partial charge in [-0.25, -0.2) is 4.98 Å². The van der Waals surface area contributed by atoms with Crippen molar-refractivity contribution in [2.45, 2.75) is 6.92 Å². The zero-order chi connectivity index (χ0) is 15.2. The van der Waals surface area contributed by atoms with Crippen molar-refractivity contribution in [3.05, 3.63) is 48.2 Å². The largest absolute Gasteiger partial charge is 0.376 e. The van der Waals surface area contributed by atoms with Crippen LogP contribution in [0, 0.1) is 0 Å². The van der Waals surface area contributed by atoms with Crippen LogP contribution in [0.1, 0.15) is 17.3 Å². The number of nitrogens with zero attached hydrogens (tertiary/aromatic N) is 2. The van der Waals surface area contributed by atoms with Gasteiger partial charge in [0.25, 0.3) is 5.91 Å². The van der Waals surface area contributed by atoms with Gasteiger partial charge in [-0.3, -0.25) is 4.79 Å². The Morgan fingerprint density at radius 2 is 1.95 bits per heavy atom. The van der Waals surface area contributed by atoms with Crippen LogP contribution in [0.15, 0.2) is 42.6 Å². The number of aromatic nitrogens is 1. The second-order valence-corrected chi connectivity index (χ2v) is 4.80. The summed E-state index contributed by atoms with van der Waals surface area (Å²) in [5.41, 5.74) is 2.27. The molecule has 0 radical (unpaired) electrons. The van der Waals surface area contributed by atoms with E-state index < -0.39 is 0 Å². The molecule has 0 saturated carbocycles. The van der Waals surface area contributed by atoms with Crippen molar-refractivity contribution in [3.63, 3.8) is 0 Å². The van der Waals surface area contributed by atoms with E-state index in [1.54, 1.807) is 18.3 Å². The quantitative estimate of drug-likeness (QED) is 0.886. The molecule has 0 bridgehead atoms. The molecule has 5 heteroatoms. The highest BCUT2D eigenvalue weighted by atomic mass is 16.1. The molecule has 1 amide bonds. The molecule has 2 rings (SSSR count). The summed E-state index contributed by atoms with van der Waals surface area (Å²) in [5.74, 6) is 0.424. The number of rotatable bonds is 5. The van der Waals surface area contributed by atoms with Gasteiger partial charge in [-0.15, -0.1) is 0 Å². The van der Waals surface area contributed by atoms with E-state index in [2.05, 4.69) is 15.6 Å². The van der Waals surface area contributed by atoms with E-state index in [-0.39, 0.29) is 5.91 Å². The van der Waals surface area contributed by atoms with Crippen molar-refractivity contribution >= 4 is 23.1 Å². The molecular formula is C16H20N4O. The summed E-state index contributed by atoms with van der Waals surface area (Å²) in [6.07, 6.45) is 1.67. The molecule has 0 unspecified atom stereocenters. The maximum Gasteiger partial charge on any atom is 0.259 e. The molecule has 5 nitrogen and oxygen atoms in total. The van der Waals surface area contributed by atoms with Crippen molar-refractivity contribution in [1.82, 2.24) is 4.98 Å². The van der Waals surface area contributed by atoms with Gasteiger partial charge in [-0.2, -0.15) is 0 Å². The highest BCUT2D eigenvalue weighted by Crippen LogP contribution is 2.24. The number of pyridine rings is 1. The number of hydrogen-bond acceptors (Lipinski definition) is 4. The Morgan fingerprint density at radius 1 is 1.19 bits per heavy atom. The monoisotopic (exact) mass is 284 g/mol. The molecule has 21 heavy (non-hydrogen) atoms. The van der Waals surface area contributed by atoms with Crippen LogP contribution in [0.3, 0.4) is 0 Å². The normalized spacial score (nSPS) is 10.0. The molecule has 1 heterocycles. The van der Waals surface area contributed by atoms with Gasteiger partial charge in [-0.05, 0) is 31.2 Å². The number of carbonyl (C=O) groups is 1.